The van der Waals surface area contributed by atoms with E-state index in [-0.39, 0.29) is 24.4 Å². The summed E-state index contributed by atoms with van der Waals surface area (Å²) in [6.07, 6.45) is 0.122. The number of methoxy groups -OCH3 is 2. The predicted molar refractivity (Wildman–Crippen MR) is 60.9 cm³/mol. The van der Waals surface area contributed by atoms with E-state index in [2.05, 4.69) is 0 Å². The number of benzene rings is 1. The SMILES string of the molecule is COC(=O)C1(c2ccc(OC)c(F)c2)CC(=O)C1. The van der Waals surface area contributed by atoms with Gasteiger partial charge in [-0.2, -0.15) is 0 Å². The smallest absolute Gasteiger partial charge is 0.317 e. The molecular formula is C13H13FO4. The molecule has 1 aromatic rings. The maximum Gasteiger partial charge on any atom is 0.317 e. The van der Waals surface area contributed by atoms with Crippen LogP contribution in [0.1, 0.15) is 18.4 Å². The lowest BCUT2D eigenvalue weighted by Gasteiger charge is -2.37. The van der Waals surface area contributed by atoms with Crippen molar-refractivity contribution in [1.82, 2.24) is 0 Å². The van der Waals surface area contributed by atoms with Gasteiger partial charge in [0.25, 0.3) is 0 Å². The molecule has 1 aliphatic rings. The lowest BCUT2D eigenvalue weighted by atomic mass is 9.63. The van der Waals surface area contributed by atoms with Crippen LogP contribution in [-0.4, -0.2) is 26.0 Å². The highest BCUT2D eigenvalue weighted by atomic mass is 19.1. The highest BCUT2D eigenvalue weighted by Gasteiger charge is 2.52. The molecule has 0 aromatic heterocycles. The number of halogens is 1. The van der Waals surface area contributed by atoms with Gasteiger partial charge in [0.1, 0.15) is 11.2 Å². The van der Waals surface area contributed by atoms with E-state index in [1.165, 1.54) is 26.4 Å². The maximum absolute atomic E-state index is 13.6. The van der Waals surface area contributed by atoms with Crippen molar-refractivity contribution in [1.29, 1.82) is 0 Å². The summed E-state index contributed by atoms with van der Waals surface area (Å²) in [6.45, 7) is 0. The van der Waals surface area contributed by atoms with Gasteiger partial charge in [0.05, 0.1) is 14.2 Å². The van der Waals surface area contributed by atoms with Crippen LogP contribution in [0.3, 0.4) is 0 Å². The topological polar surface area (TPSA) is 52.6 Å². The minimum Gasteiger partial charge on any atom is -0.494 e. The first-order valence-electron chi connectivity index (χ1n) is 5.47. The van der Waals surface area contributed by atoms with E-state index in [1.54, 1.807) is 6.07 Å². The van der Waals surface area contributed by atoms with Crippen molar-refractivity contribution in [3.63, 3.8) is 0 Å². The van der Waals surface area contributed by atoms with Crippen LogP contribution in [0.2, 0.25) is 0 Å². The van der Waals surface area contributed by atoms with Crippen LogP contribution in [-0.2, 0) is 19.7 Å². The third kappa shape index (κ3) is 1.75. The van der Waals surface area contributed by atoms with Gasteiger partial charge in [0.2, 0.25) is 0 Å². The number of hydrogen-bond acceptors (Lipinski definition) is 4. The van der Waals surface area contributed by atoms with E-state index in [4.69, 9.17) is 9.47 Å². The van der Waals surface area contributed by atoms with Crippen LogP contribution >= 0.6 is 0 Å². The Morgan fingerprint density at radius 2 is 2.00 bits per heavy atom. The molecule has 5 heteroatoms. The Morgan fingerprint density at radius 1 is 1.33 bits per heavy atom. The summed E-state index contributed by atoms with van der Waals surface area (Å²) in [7, 11) is 2.62. The first kappa shape index (κ1) is 12.5. The van der Waals surface area contributed by atoms with Gasteiger partial charge >= 0.3 is 5.97 Å². The van der Waals surface area contributed by atoms with Crippen LogP contribution in [0.5, 0.6) is 5.75 Å². The highest BCUT2D eigenvalue weighted by molar-refractivity contribution is 6.02. The molecule has 0 spiro atoms. The third-order valence-corrected chi connectivity index (χ3v) is 3.28. The molecule has 0 heterocycles. The first-order chi connectivity index (χ1) is 8.53. The molecule has 1 aromatic carbocycles. The summed E-state index contributed by atoms with van der Waals surface area (Å²) < 4.78 is 23.2. The molecule has 1 saturated carbocycles. The maximum atomic E-state index is 13.6. The summed E-state index contributed by atoms with van der Waals surface area (Å²) in [6, 6.07) is 4.26. The number of esters is 1. The lowest BCUT2D eigenvalue weighted by molar-refractivity contribution is -0.156. The summed E-state index contributed by atoms with van der Waals surface area (Å²) in [5.41, 5.74) is -0.578. The van der Waals surface area contributed by atoms with Crippen molar-refractivity contribution in [2.24, 2.45) is 0 Å². The Balaban J connectivity index is 2.41. The van der Waals surface area contributed by atoms with Crippen LogP contribution in [0.15, 0.2) is 18.2 Å². The van der Waals surface area contributed by atoms with Crippen molar-refractivity contribution < 1.29 is 23.5 Å². The fraction of sp³-hybridized carbons (Fsp3) is 0.385. The van der Waals surface area contributed by atoms with Crippen molar-refractivity contribution >= 4 is 11.8 Å². The van der Waals surface area contributed by atoms with Crippen LogP contribution in [0.25, 0.3) is 0 Å². The molecule has 0 atom stereocenters. The second-order valence-corrected chi connectivity index (χ2v) is 4.32. The van der Waals surface area contributed by atoms with E-state index in [9.17, 15) is 14.0 Å². The van der Waals surface area contributed by atoms with Crippen molar-refractivity contribution in [2.45, 2.75) is 18.3 Å². The molecule has 18 heavy (non-hydrogen) atoms. The van der Waals surface area contributed by atoms with Crippen molar-refractivity contribution in [3.05, 3.63) is 29.6 Å². The summed E-state index contributed by atoms with van der Waals surface area (Å²) in [5.74, 6) is -0.995. The number of carbonyl (C=O) groups excluding carboxylic acids is 2. The number of ketones is 1. The van der Waals surface area contributed by atoms with Gasteiger partial charge in [-0.05, 0) is 17.7 Å². The molecular weight excluding hydrogens is 239 g/mol. The van der Waals surface area contributed by atoms with Gasteiger partial charge in [-0.25, -0.2) is 4.39 Å². The van der Waals surface area contributed by atoms with Gasteiger partial charge in [-0.15, -0.1) is 0 Å². The molecule has 0 aliphatic heterocycles. The normalized spacial score (nSPS) is 16.9. The number of carbonyl (C=O) groups is 2. The molecule has 2 rings (SSSR count). The molecule has 0 N–H and O–H groups in total. The molecule has 96 valence electrons. The first-order valence-corrected chi connectivity index (χ1v) is 5.47. The predicted octanol–water partition coefficient (Wildman–Crippen LogP) is 1.61. The second kappa shape index (κ2) is 4.40. The van der Waals surface area contributed by atoms with Crippen molar-refractivity contribution in [3.8, 4) is 5.75 Å². The Bertz CT molecular complexity index is 502. The lowest BCUT2D eigenvalue weighted by Crippen LogP contribution is -2.49. The van der Waals surface area contributed by atoms with Crippen LogP contribution < -0.4 is 4.74 Å². The van der Waals surface area contributed by atoms with Gasteiger partial charge in [-0.1, -0.05) is 6.07 Å². The number of Topliss-reactive ketones (excluding diaryl/α,β-unsaturated/α-hetero) is 1. The summed E-state index contributed by atoms with van der Waals surface area (Å²) in [5, 5.41) is 0. The number of rotatable bonds is 3. The molecule has 1 aliphatic carbocycles. The second-order valence-electron chi connectivity index (χ2n) is 4.32. The minimum absolute atomic E-state index is 0.0309. The quantitative estimate of drug-likeness (QED) is 0.767. The standard InChI is InChI=1S/C13H13FO4/c1-17-11-4-3-8(5-10(11)14)13(12(16)18-2)6-9(15)7-13/h3-5H,6-7H2,1-2H3. The molecule has 0 unspecified atom stereocenters. The molecule has 0 saturated heterocycles. The Kier molecular flexibility index (Phi) is 3.07. The van der Waals surface area contributed by atoms with E-state index in [0.29, 0.717) is 5.56 Å². The third-order valence-electron chi connectivity index (χ3n) is 3.28. The van der Waals surface area contributed by atoms with Gasteiger partial charge in [0.15, 0.2) is 11.6 Å². The van der Waals surface area contributed by atoms with Crippen LogP contribution in [0, 0.1) is 5.82 Å². The van der Waals surface area contributed by atoms with E-state index in [0.717, 1.165) is 0 Å². The fourth-order valence-corrected chi connectivity index (χ4v) is 2.25. The molecule has 1 fully saturated rings. The molecule has 0 bridgehead atoms. The fourth-order valence-electron chi connectivity index (χ4n) is 2.25. The number of hydrogen-bond donors (Lipinski definition) is 0. The number of ether oxygens (including phenoxy) is 2. The Labute approximate surface area is 104 Å². The molecule has 4 nitrogen and oxygen atoms in total. The van der Waals surface area contributed by atoms with Crippen LogP contribution in [0.4, 0.5) is 4.39 Å². The minimum atomic E-state index is -1.03. The monoisotopic (exact) mass is 252 g/mol. The summed E-state index contributed by atoms with van der Waals surface area (Å²) in [4.78, 5) is 23.0. The largest absolute Gasteiger partial charge is 0.494 e. The zero-order valence-electron chi connectivity index (χ0n) is 10.2. The average Bonchev–Trinajstić information content (AvgIpc) is 2.33. The summed E-state index contributed by atoms with van der Waals surface area (Å²) >= 11 is 0. The molecule has 0 radical (unpaired) electrons. The van der Waals surface area contributed by atoms with Crippen molar-refractivity contribution in [2.75, 3.05) is 14.2 Å². The Morgan fingerprint density at radius 3 is 2.44 bits per heavy atom. The zero-order valence-corrected chi connectivity index (χ0v) is 10.2. The Hall–Kier alpha value is -1.91. The van der Waals surface area contributed by atoms with E-state index < -0.39 is 17.2 Å². The molecule has 0 amide bonds. The van der Waals surface area contributed by atoms with E-state index in [1.807, 2.05) is 0 Å². The van der Waals surface area contributed by atoms with E-state index >= 15 is 0 Å². The van der Waals surface area contributed by atoms with Gasteiger partial charge in [0, 0.05) is 12.8 Å². The average molecular weight is 252 g/mol. The van der Waals surface area contributed by atoms with Gasteiger partial charge < -0.3 is 9.47 Å². The van der Waals surface area contributed by atoms with Gasteiger partial charge in [-0.3, -0.25) is 9.59 Å². The zero-order chi connectivity index (χ0) is 13.3. The highest BCUT2D eigenvalue weighted by Crippen LogP contribution is 2.43.